The Kier molecular flexibility index (Phi) is 36.4. The van der Waals surface area contributed by atoms with Gasteiger partial charge < -0.3 is 82.6 Å². The molecule has 142 heavy (non-hydrogen) atoms. The number of aromatic nitrogens is 8. The molecule has 1 unspecified atom stereocenters. The van der Waals surface area contributed by atoms with E-state index in [1.165, 1.54) is 79.0 Å². The third kappa shape index (κ3) is 29.2. The Morgan fingerprint density at radius 1 is 0.380 bits per heavy atom. The Labute approximate surface area is 851 Å². The van der Waals surface area contributed by atoms with Gasteiger partial charge in [0.2, 0.25) is 0 Å². The molecule has 772 valence electrons. The van der Waals surface area contributed by atoms with Gasteiger partial charge >= 0.3 is 0 Å². The van der Waals surface area contributed by atoms with E-state index in [0.717, 1.165) is 177 Å². The first-order valence-electron chi connectivity index (χ1n) is 51.1. The number of carbonyl (C=O) groups is 8. The van der Waals surface area contributed by atoms with Crippen LogP contribution in [0.5, 0.6) is 0 Å². The van der Waals surface area contributed by atoms with Crippen LogP contribution in [0.2, 0.25) is 0 Å². The fourth-order valence-corrected chi connectivity index (χ4v) is 23.3. The molecule has 0 radical (unpaired) electrons. The number of nitrogens with one attached hydrogen (secondary N) is 8. The fourth-order valence-electron chi connectivity index (χ4n) is 19.2. The van der Waals surface area contributed by atoms with Crippen LogP contribution < -0.4 is 42.5 Å². The number of likely N-dealkylation sites (tertiary alicyclic amines) is 4. The van der Waals surface area contributed by atoms with E-state index in [1.807, 2.05) is 80.5 Å². The molecule has 8 fully saturated rings. The summed E-state index contributed by atoms with van der Waals surface area (Å²) in [6.45, 7) is 36.0. The van der Waals surface area contributed by atoms with E-state index in [-0.39, 0.29) is 106 Å². The van der Waals surface area contributed by atoms with Crippen molar-refractivity contribution in [2.75, 3.05) is 73.6 Å². The van der Waals surface area contributed by atoms with Gasteiger partial charge in [0.1, 0.15) is 51.7 Å². The van der Waals surface area contributed by atoms with E-state index in [2.05, 4.69) is 103 Å². The molecule has 8 amide bonds. The second-order valence-corrected chi connectivity index (χ2v) is 47.1. The number of pyridine rings is 4. The number of hydrogen-bond acceptors (Lipinski definition) is 28. The molecule has 4 aliphatic carbocycles. The predicted molar refractivity (Wildman–Crippen MR) is 561 cm³/mol. The minimum Gasteiger partial charge on any atom is -0.389 e. The van der Waals surface area contributed by atoms with Crippen molar-refractivity contribution in [3.8, 4) is 41.8 Å². The highest BCUT2D eigenvalue weighted by Gasteiger charge is 2.41. The second-order valence-electron chi connectivity index (χ2n) is 43.1. The number of carbonyl (C=O) groups excluding carboxylic acids is 8. The Morgan fingerprint density at radius 3 is 0.923 bits per heavy atom. The summed E-state index contributed by atoms with van der Waals surface area (Å²) in [5, 5.41) is 65.5. The quantitative estimate of drug-likeness (QED) is 0.0207. The predicted octanol–water partition coefficient (Wildman–Crippen LogP) is 17.7. The van der Waals surface area contributed by atoms with E-state index >= 15 is 4.39 Å². The molecule has 0 spiro atoms. The van der Waals surface area contributed by atoms with E-state index < -0.39 is 51.7 Å². The summed E-state index contributed by atoms with van der Waals surface area (Å²) >= 11 is 4.75. The average Bonchev–Trinajstić information content (AvgIpc) is 1.64. The van der Waals surface area contributed by atoms with Gasteiger partial charge in [-0.15, -0.1) is 45.3 Å². The summed E-state index contributed by atoms with van der Waals surface area (Å²) < 4.78 is 15.0. The van der Waals surface area contributed by atoms with Gasteiger partial charge in [0, 0.05) is 142 Å². The largest absolute Gasteiger partial charge is 0.389 e. The molecule has 8 aromatic heterocycles. The molecule has 7 atom stereocenters. The standard InChI is InChI=1S/C27H38FN5O3S.C27H39N5O3S.C26H37N5O3S.C25H35N5O3S/c1-16-13-20(31-19-10-6-7-11-27(19,5)28)29-14-18(16)22-21(25(35)33-12-8-9-17(33)2)32-24(37-22)23(34)30-15-26(3,4)36;1-17-14-21(30-19-11-6-5-7-12-19)28-15-20(17)23-22(26(34)32-13-9-8-10-18(32)2)31-25(36-23)24(33)29-16-27(3,4)35;1-16-13-20(29-18-10-5-6-11-18)27-14-19(16)22-21(25(33)31-12-8-7-9-17(31)2)30-24(35-22)23(32)28-15-26(3,4)34;1-14-11-19(28-16(3)17-8-9-17)26-12-18(14)21-20(24(32)30-10-6-7-15(30)2)29-23(34-21)22(31)27-13-25(4,5)33/h13-14,17,19,36H,6-12,15H2,1-5H3,(H,29,31)(H,30,34);14-15,18-19,35H,5-13,16H2,1-4H3,(H,28,30)(H,29,33);13-14,17-18,34H,5-12,15H2,1-4H3,(H,27,29)(H,28,32);11-12,15-17,33H,6-10,13H2,1-5H3,(H,26,28)(H,27,31)/t17-,19+,27?;18-;17-;15-,16-/m0000/s1. The normalized spacial score (nSPS) is 20.5. The molecular weight excluding hydrogens is 1880 g/mol. The first-order chi connectivity index (χ1) is 67.1. The lowest BCUT2D eigenvalue weighted by atomic mass is 9.83. The lowest BCUT2D eigenvalue weighted by Gasteiger charge is -2.35. The van der Waals surface area contributed by atoms with Gasteiger partial charge in [0.05, 0.1) is 48.0 Å². The number of hydrogen-bond donors (Lipinski definition) is 12. The Bertz CT molecular complexity index is 5780. The van der Waals surface area contributed by atoms with Crippen molar-refractivity contribution in [3.05, 3.63) is 114 Å². The van der Waals surface area contributed by atoms with Crippen molar-refractivity contribution < 1.29 is 63.2 Å². The number of anilines is 4. The van der Waals surface area contributed by atoms with Crippen LogP contribution in [0.4, 0.5) is 27.7 Å². The zero-order valence-corrected chi connectivity index (χ0v) is 89.3. The molecule has 32 nitrogen and oxygen atoms in total. The van der Waals surface area contributed by atoms with Crippen LogP contribution in [0, 0.1) is 33.6 Å². The minimum atomic E-state index is -1.29. The van der Waals surface area contributed by atoms with E-state index in [9.17, 15) is 58.8 Å². The smallest absolute Gasteiger partial charge is 0.280 e. The molecule has 8 aliphatic rings. The molecule has 8 aromatic rings. The third-order valence-electron chi connectivity index (χ3n) is 27.8. The Morgan fingerprint density at radius 2 is 0.648 bits per heavy atom. The lowest BCUT2D eigenvalue weighted by Crippen LogP contribution is -2.43. The Balaban J connectivity index is 0.000000159. The minimum absolute atomic E-state index is 0.0583. The summed E-state index contributed by atoms with van der Waals surface area (Å²) in [5.74, 6) is 1.53. The monoisotopic (exact) mass is 2030 g/mol. The van der Waals surface area contributed by atoms with Crippen molar-refractivity contribution in [1.29, 1.82) is 0 Å². The molecule has 12 heterocycles. The van der Waals surface area contributed by atoms with Crippen LogP contribution in [-0.2, 0) is 0 Å². The highest BCUT2D eigenvalue weighted by molar-refractivity contribution is 7.18. The van der Waals surface area contributed by atoms with Crippen LogP contribution in [0.1, 0.15) is 361 Å². The van der Waals surface area contributed by atoms with Crippen LogP contribution in [0.3, 0.4) is 0 Å². The highest BCUT2D eigenvalue weighted by Crippen LogP contribution is 2.44. The van der Waals surface area contributed by atoms with Gasteiger partial charge in [0.25, 0.3) is 47.3 Å². The van der Waals surface area contributed by atoms with Crippen molar-refractivity contribution in [2.45, 2.75) is 362 Å². The van der Waals surface area contributed by atoms with Crippen molar-refractivity contribution in [2.24, 2.45) is 5.92 Å². The van der Waals surface area contributed by atoms with Gasteiger partial charge in [-0.3, -0.25) is 38.4 Å². The zero-order chi connectivity index (χ0) is 103. The molecule has 12 N–H and O–H groups in total. The van der Waals surface area contributed by atoms with E-state index in [1.54, 1.807) is 92.0 Å². The molecule has 4 saturated carbocycles. The van der Waals surface area contributed by atoms with E-state index in [0.29, 0.717) is 105 Å². The van der Waals surface area contributed by atoms with Crippen molar-refractivity contribution in [3.63, 3.8) is 0 Å². The number of nitrogens with zero attached hydrogens (tertiary/aromatic N) is 12. The van der Waals surface area contributed by atoms with Crippen molar-refractivity contribution in [1.82, 2.24) is 80.7 Å². The van der Waals surface area contributed by atoms with Crippen LogP contribution >= 0.6 is 45.3 Å². The number of piperidine rings is 2. The number of amides is 8. The zero-order valence-electron chi connectivity index (χ0n) is 86.1. The SMILES string of the molecule is Cc1cc(NC2CCCC2)ncc1-c1sc(C(=O)NCC(C)(C)O)nc1C(=O)N1CCCC[C@@H]1C.Cc1cc(NC2CCCCC2)ncc1-c1sc(C(=O)NCC(C)(C)O)nc1C(=O)N1CCCC[C@@H]1C.Cc1cc(N[C@@H](C)C2CC2)ncc1-c1sc(C(=O)NCC(C)(C)O)nc1C(=O)N1CCC[C@@H]1C.Cc1cc(N[C@@H]2CCCCC2(C)F)ncc1-c1sc(C(=O)NCC(C)(C)O)nc1C(=O)N1CCC[C@@H]1C. The Hall–Kier alpha value is -10.2. The van der Waals surface area contributed by atoms with Crippen LogP contribution in [0.25, 0.3) is 41.8 Å². The number of aryl methyl sites for hydroxylation is 4. The number of rotatable bonds is 29. The summed E-state index contributed by atoms with van der Waals surface area (Å²) in [5.41, 5.74) is 2.59. The maximum atomic E-state index is 15.0. The summed E-state index contributed by atoms with van der Waals surface area (Å²) in [4.78, 5) is 152. The van der Waals surface area contributed by atoms with Gasteiger partial charge in [0.15, 0.2) is 20.0 Å². The number of halogens is 1. The number of alkyl halides is 1. The average molecular weight is 2030 g/mol. The highest BCUT2D eigenvalue weighted by atomic mass is 32.1. The third-order valence-corrected chi connectivity index (χ3v) is 32.2. The summed E-state index contributed by atoms with van der Waals surface area (Å²) in [6, 6.07) is 9.39. The molecule has 0 bridgehead atoms. The summed E-state index contributed by atoms with van der Waals surface area (Å²) in [6.07, 6.45) is 33.5. The first-order valence-corrected chi connectivity index (χ1v) is 54.3. The van der Waals surface area contributed by atoms with Gasteiger partial charge in [-0.25, -0.2) is 44.3 Å². The summed E-state index contributed by atoms with van der Waals surface area (Å²) in [7, 11) is 0. The molecule has 37 heteroatoms. The van der Waals surface area contributed by atoms with Crippen LogP contribution in [-0.4, -0.2) is 256 Å². The van der Waals surface area contributed by atoms with E-state index in [4.69, 9.17) is 0 Å². The molecule has 4 saturated heterocycles. The molecule has 4 aliphatic heterocycles. The van der Waals surface area contributed by atoms with Crippen molar-refractivity contribution >= 4 is 116 Å². The number of thiazole rings is 4. The lowest BCUT2D eigenvalue weighted by molar-refractivity contribution is 0.0622. The first kappa shape index (κ1) is 109. The molecular formula is C105H149FN20O12S4. The maximum absolute atomic E-state index is 15.0. The van der Waals surface area contributed by atoms with Crippen LogP contribution in [0.15, 0.2) is 49.1 Å². The second kappa shape index (κ2) is 47.4. The number of aliphatic hydroxyl groups is 4. The molecule has 16 rings (SSSR count). The van der Waals surface area contributed by atoms with Gasteiger partial charge in [-0.05, 0) is 293 Å². The van der Waals surface area contributed by atoms with Gasteiger partial charge in [-0.2, -0.15) is 0 Å². The maximum Gasteiger partial charge on any atom is 0.280 e. The van der Waals surface area contributed by atoms with Gasteiger partial charge in [-0.1, -0.05) is 44.9 Å². The fraction of sp³-hybridized carbons (Fsp3) is 0.619. The molecule has 0 aromatic carbocycles. The topological polar surface area (TPSA) is 430 Å².